The third-order valence-corrected chi connectivity index (χ3v) is 4.83. The normalized spacial score (nSPS) is 27.0. The SMILES string of the molecule is CC1NCCO[C@H]1c1nc(Cl)c2c(n1)N(C(=O)NC1CC1)CC2. The van der Waals surface area contributed by atoms with Crippen molar-refractivity contribution in [2.24, 2.45) is 0 Å². The van der Waals surface area contributed by atoms with Gasteiger partial charge in [-0.1, -0.05) is 11.6 Å². The highest BCUT2D eigenvalue weighted by Crippen LogP contribution is 2.34. The number of aromatic nitrogens is 2. The fraction of sp³-hybridized carbons (Fsp3) is 0.667. The second-order valence-electron chi connectivity index (χ2n) is 6.33. The zero-order valence-corrected chi connectivity index (χ0v) is 13.8. The van der Waals surface area contributed by atoms with E-state index in [2.05, 4.69) is 20.6 Å². The number of halogens is 1. The summed E-state index contributed by atoms with van der Waals surface area (Å²) in [6, 6.07) is 0.324. The largest absolute Gasteiger partial charge is 0.367 e. The number of morpholine rings is 1. The lowest BCUT2D eigenvalue weighted by Crippen LogP contribution is -2.43. The molecule has 3 aliphatic rings. The Bertz CT molecular complexity index is 637. The van der Waals surface area contributed by atoms with E-state index in [1.165, 1.54) is 0 Å². The molecule has 2 fully saturated rings. The standard InChI is InChI=1S/C15H20ClN5O2/c1-8-11(23-7-5-17-8)13-19-12(16)10-4-6-21(14(10)20-13)15(22)18-9-2-3-9/h8-9,11,17H,2-7H2,1H3,(H,18,22)/t8?,11-/m1/s1. The molecule has 8 heteroatoms. The number of rotatable bonds is 2. The highest BCUT2D eigenvalue weighted by atomic mass is 35.5. The minimum Gasteiger partial charge on any atom is -0.367 e. The molecule has 4 rings (SSSR count). The Labute approximate surface area is 139 Å². The second-order valence-corrected chi connectivity index (χ2v) is 6.69. The van der Waals surface area contributed by atoms with Gasteiger partial charge in [0.1, 0.15) is 17.1 Å². The molecule has 2 atom stereocenters. The van der Waals surface area contributed by atoms with Crippen LogP contribution in [0.3, 0.4) is 0 Å². The predicted octanol–water partition coefficient (Wildman–Crippen LogP) is 1.41. The Balaban J connectivity index is 1.63. The van der Waals surface area contributed by atoms with Crippen LogP contribution in [0.1, 0.15) is 37.3 Å². The summed E-state index contributed by atoms with van der Waals surface area (Å²) in [6.07, 6.45) is 2.55. The van der Waals surface area contributed by atoms with Crippen LogP contribution in [0, 0.1) is 0 Å². The number of anilines is 1. The molecule has 1 aromatic rings. The second kappa shape index (κ2) is 5.89. The van der Waals surface area contributed by atoms with Crippen LogP contribution in [-0.4, -0.2) is 47.8 Å². The van der Waals surface area contributed by atoms with Gasteiger partial charge in [-0.05, 0) is 26.2 Å². The maximum absolute atomic E-state index is 12.4. The van der Waals surface area contributed by atoms with Crippen LogP contribution < -0.4 is 15.5 Å². The quantitative estimate of drug-likeness (QED) is 0.798. The lowest BCUT2D eigenvalue weighted by Gasteiger charge is -2.29. The fourth-order valence-corrected chi connectivity index (χ4v) is 3.32. The van der Waals surface area contributed by atoms with Gasteiger partial charge in [-0.2, -0.15) is 0 Å². The van der Waals surface area contributed by atoms with Gasteiger partial charge in [-0.15, -0.1) is 0 Å². The van der Waals surface area contributed by atoms with Gasteiger partial charge in [0, 0.05) is 30.7 Å². The molecule has 1 saturated carbocycles. The maximum atomic E-state index is 12.4. The Kier molecular flexibility index (Phi) is 3.87. The lowest BCUT2D eigenvalue weighted by molar-refractivity contribution is -0.00554. The monoisotopic (exact) mass is 337 g/mol. The summed E-state index contributed by atoms with van der Waals surface area (Å²) in [5.41, 5.74) is 0.845. The molecule has 23 heavy (non-hydrogen) atoms. The van der Waals surface area contributed by atoms with Crippen molar-refractivity contribution in [3.05, 3.63) is 16.5 Å². The number of carbonyl (C=O) groups excluding carboxylic acids is 1. The molecular formula is C15H20ClN5O2. The van der Waals surface area contributed by atoms with Gasteiger partial charge in [-0.25, -0.2) is 14.8 Å². The summed E-state index contributed by atoms with van der Waals surface area (Å²) in [5, 5.41) is 6.77. The molecule has 7 nitrogen and oxygen atoms in total. The first-order chi connectivity index (χ1) is 11.1. The van der Waals surface area contributed by atoms with E-state index in [9.17, 15) is 4.79 Å². The van der Waals surface area contributed by atoms with Crippen molar-refractivity contribution >= 4 is 23.4 Å². The van der Waals surface area contributed by atoms with E-state index in [0.29, 0.717) is 42.4 Å². The van der Waals surface area contributed by atoms with Gasteiger partial charge in [-0.3, -0.25) is 4.90 Å². The van der Waals surface area contributed by atoms with Crippen molar-refractivity contribution in [3.63, 3.8) is 0 Å². The zero-order chi connectivity index (χ0) is 16.0. The van der Waals surface area contributed by atoms with Gasteiger partial charge in [0.25, 0.3) is 0 Å². The number of carbonyl (C=O) groups is 1. The van der Waals surface area contributed by atoms with Crippen LogP contribution in [-0.2, 0) is 11.2 Å². The van der Waals surface area contributed by atoms with Crippen molar-refractivity contribution in [2.45, 2.75) is 44.4 Å². The smallest absolute Gasteiger partial charge is 0.323 e. The highest BCUT2D eigenvalue weighted by molar-refractivity contribution is 6.30. The van der Waals surface area contributed by atoms with E-state index >= 15 is 0 Å². The lowest BCUT2D eigenvalue weighted by atomic mass is 10.1. The number of hydrogen-bond donors (Lipinski definition) is 2. The molecule has 0 radical (unpaired) electrons. The third kappa shape index (κ3) is 2.88. The summed E-state index contributed by atoms with van der Waals surface area (Å²) in [4.78, 5) is 23.1. The fourth-order valence-electron chi connectivity index (χ4n) is 3.06. The Hall–Kier alpha value is -1.44. The molecule has 0 bridgehead atoms. The van der Waals surface area contributed by atoms with E-state index in [0.717, 1.165) is 24.9 Å². The molecule has 2 N–H and O–H groups in total. The third-order valence-electron chi connectivity index (χ3n) is 4.52. The molecule has 124 valence electrons. The predicted molar refractivity (Wildman–Crippen MR) is 85.8 cm³/mol. The van der Waals surface area contributed by atoms with Crippen molar-refractivity contribution < 1.29 is 9.53 Å². The first-order valence-electron chi connectivity index (χ1n) is 8.13. The number of hydrogen-bond acceptors (Lipinski definition) is 5. The van der Waals surface area contributed by atoms with Crippen molar-refractivity contribution in [1.82, 2.24) is 20.6 Å². The summed E-state index contributed by atoms with van der Waals surface area (Å²) in [6.45, 7) is 4.04. The first-order valence-corrected chi connectivity index (χ1v) is 8.50. The van der Waals surface area contributed by atoms with Gasteiger partial charge >= 0.3 is 6.03 Å². The molecule has 3 heterocycles. The van der Waals surface area contributed by atoms with Crippen LogP contribution in [0.25, 0.3) is 0 Å². The first kappa shape index (κ1) is 15.1. The van der Waals surface area contributed by atoms with Crippen molar-refractivity contribution in [1.29, 1.82) is 0 Å². The van der Waals surface area contributed by atoms with Gasteiger partial charge in [0.05, 0.1) is 6.61 Å². The van der Waals surface area contributed by atoms with Gasteiger partial charge in [0.15, 0.2) is 5.82 Å². The Morgan fingerprint density at radius 2 is 2.26 bits per heavy atom. The van der Waals surface area contributed by atoms with Gasteiger partial charge in [0.2, 0.25) is 0 Å². The molecule has 0 spiro atoms. The average Bonchev–Trinajstić information content (AvgIpc) is 3.23. The molecule has 0 aromatic carbocycles. The van der Waals surface area contributed by atoms with E-state index in [1.807, 2.05) is 6.92 Å². The minimum atomic E-state index is -0.250. The molecule has 1 saturated heterocycles. The molecule has 1 aromatic heterocycles. The number of urea groups is 1. The number of nitrogens with zero attached hydrogens (tertiary/aromatic N) is 3. The highest BCUT2D eigenvalue weighted by Gasteiger charge is 2.35. The summed E-state index contributed by atoms with van der Waals surface area (Å²) in [5.74, 6) is 1.17. The van der Waals surface area contributed by atoms with E-state index < -0.39 is 0 Å². The molecule has 2 aliphatic heterocycles. The average molecular weight is 338 g/mol. The topological polar surface area (TPSA) is 79.4 Å². The van der Waals surface area contributed by atoms with Gasteiger partial charge < -0.3 is 15.4 Å². The Morgan fingerprint density at radius 1 is 1.43 bits per heavy atom. The van der Waals surface area contributed by atoms with Crippen molar-refractivity contribution in [2.75, 3.05) is 24.6 Å². The maximum Gasteiger partial charge on any atom is 0.323 e. The summed E-state index contributed by atoms with van der Waals surface area (Å²) in [7, 11) is 0. The number of ether oxygens (including phenoxy) is 1. The molecule has 2 amide bonds. The van der Waals surface area contributed by atoms with Crippen LogP contribution in [0.5, 0.6) is 0 Å². The van der Waals surface area contributed by atoms with E-state index in [4.69, 9.17) is 16.3 Å². The van der Waals surface area contributed by atoms with E-state index in [1.54, 1.807) is 4.90 Å². The molecule has 1 aliphatic carbocycles. The van der Waals surface area contributed by atoms with Crippen LogP contribution in [0.15, 0.2) is 0 Å². The van der Waals surface area contributed by atoms with Crippen LogP contribution >= 0.6 is 11.6 Å². The summed E-state index contributed by atoms with van der Waals surface area (Å²) >= 11 is 6.34. The minimum absolute atomic E-state index is 0.0947. The number of amides is 2. The molecular weight excluding hydrogens is 318 g/mol. The van der Waals surface area contributed by atoms with Crippen LogP contribution in [0.2, 0.25) is 5.15 Å². The zero-order valence-electron chi connectivity index (χ0n) is 13.0. The molecule has 1 unspecified atom stereocenters. The Morgan fingerprint density at radius 3 is 3.00 bits per heavy atom. The van der Waals surface area contributed by atoms with Crippen LogP contribution in [0.4, 0.5) is 10.6 Å². The van der Waals surface area contributed by atoms with Crippen molar-refractivity contribution in [3.8, 4) is 0 Å². The number of nitrogens with one attached hydrogen (secondary N) is 2. The summed E-state index contributed by atoms with van der Waals surface area (Å²) < 4.78 is 5.80. The number of fused-ring (bicyclic) bond motifs is 1. The van der Waals surface area contributed by atoms with E-state index in [-0.39, 0.29) is 18.2 Å².